The topological polar surface area (TPSA) is 92.5 Å². The molecular weight excluding hydrogens is 420 g/mol. The minimum absolute atomic E-state index is 0.338. The van der Waals surface area contributed by atoms with Crippen molar-refractivity contribution in [3.8, 4) is 0 Å². The third-order valence-electron chi connectivity index (χ3n) is 5.55. The van der Waals surface area contributed by atoms with Gasteiger partial charge in [-0.3, -0.25) is 9.59 Å². The predicted molar refractivity (Wildman–Crippen MR) is 123 cm³/mol. The van der Waals surface area contributed by atoms with Crippen LogP contribution in [-0.2, 0) is 35.2 Å². The van der Waals surface area contributed by atoms with Crippen molar-refractivity contribution in [3.63, 3.8) is 0 Å². The lowest BCUT2D eigenvalue weighted by Crippen LogP contribution is -2.62. The summed E-state index contributed by atoms with van der Waals surface area (Å²) in [5, 5.41) is 6.05. The molecule has 2 saturated heterocycles. The van der Waals surface area contributed by atoms with E-state index in [-0.39, 0.29) is 11.8 Å². The first kappa shape index (κ1) is 22.9. The third kappa shape index (κ3) is 4.90. The Hall–Kier alpha value is -3.26. The highest BCUT2D eigenvalue weighted by Gasteiger charge is 2.60. The van der Waals surface area contributed by atoms with Crippen LogP contribution in [0.15, 0.2) is 85.0 Å². The minimum Gasteiger partial charge on any atom is -0.367 e. The molecule has 0 radical (unpaired) electrons. The molecule has 7 heteroatoms. The third-order valence-corrected chi connectivity index (χ3v) is 5.55. The molecule has 33 heavy (non-hydrogen) atoms. The molecule has 2 aliphatic heterocycles. The second kappa shape index (κ2) is 9.70. The first-order valence-electron chi connectivity index (χ1n) is 11.0. The fourth-order valence-corrected chi connectivity index (χ4v) is 3.92. The van der Waals surface area contributed by atoms with E-state index in [2.05, 4.69) is 10.6 Å². The molecule has 0 bridgehead atoms. The van der Waals surface area contributed by atoms with Gasteiger partial charge in [0.15, 0.2) is 11.4 Å². The number of epoxide rings is 2. The quantitative estimate of drug-likeness (QED) is 0.331. The molecule has 2 fully saturated rings. The molecular formula is C26H28N2O5. The van der Waals surface area contributed by atoms with Crippen LogP contribution >= 0.6 is 0 Å². The number of rotatable bonds is 10. The molecule has 2 amide bonds. The van der Waals surface area contributed by atoms with Crippen LogP contribution in [0.1, 0.15) is 25.0 Å². The van der Waals surface area contributed by atoms with Crippen LogP contribution in [0.5, 0.6) is 0 Å². The Labute approximate surface area is 193 Å². The molecule has 0 aliphatic carbocycles. The van der Waals surface area contributed by atoms with Gasteiger partial charge < -0.3 is 24.8 Å². The molecule has 0 spiro atoms. The van der Waals surface area contributed by atoms with Crippen LogP contribution in [0.25, 0.3) is 0 Å². The molecule has 2 heterocycles. The van der Waals surface area contributed by atoms with Gasteiger partial charge in [-0.05, 0) is 26.0 Å². The monoisotopic (exact) mass is 448 g/mol. The lowest BCUT2D eigenvalue weighted by Gasteiger charge is -2.43. The molecule has 2 aromatic rings. The van der Waals surface area contributed by atoms with Gasteiger partial charge in [-0.2, -0.15) is 0 Å². The maximum atomic E-state index is 12.8. The van der Waals surface area contributed by atoms with Gasteiger partial charge in [0.2, 0.25) is 11.8 Å². The van der Waals surface area contributed by atoms with Crippen molar-refractivity contribution in [1.29, 1.82) is 0 Å². The van der Waals surface area contributed by atoms with E-state index in [9.17, 15) is 9.59 Å². The Morgan fingerprint density at radius 1 is 0.788 bits per heavy atom. The Balaban J connectivity index is 1.87. The van der Waals surface area contributed by atoms with Crippen molar-refractivity contribution in [1.82, 2.24) is 10.6 Å². The number of benzene rings is 2. The summed E-state index contributed by atoms with van der Waals surface area (Å²) in [4.78, 5) is 25.7. The summed E-state index contributed by atoms with van der Waals surface area (Å²) in [6, 6.07) is 18.7. The van der Waals surface area contributed by atoms with Crippen molar-refractivity contribution in [2.75, 3.05) is 13.2 Å². The standard InChI is InChI=1S/C26H28N2O5/c1-3-11-23(29)27-25(21-17-31-21,19-13-7-5-8-14-19)33-26(22-18-32-22,28-24(30)12-4-2)20-15-9-6-10-16-20/h3-16,21-22H,17-18H2,1-2H3,(H,27,29)(H,28,30). The van der Waals surface area contributed by atoms with Gasteiger partial charge in [0, 0.05) is 11.1 Å². The van der Waals surface area contributed by atoms with Gasteiger partial charge in [-0.25, -0.2) is 0 Å². The number of hydrogen-bond acceptors (Lipinski definition) is 5. The zero-order valence-corrected chi connectivity index (χ0v) is 18.7. The summed E-state index contributed by atoms with van der Waals surface area (Å²) in [7, 11) is 0. The molecule has 2 N–H and O–H groups in total. The zero-order chi connectivity index (χ0) is 23.3. The summed E-state index contributed by atoms with van der Waals surface area (Å²) < 4.78 is 18.3. The highest BCUT2D eigenvalue weighted by atomic mass is 16.7. The van der Waals surface area contributed by atoms with Gasteiger partial charge >= 0.3 is 0 Å². The molecule has 4 atom stereocenters. The summed E-state index contributed by atoms with van der Waals surface area (Å²) >= 11 is 0. The summed E-state index contributed by atoms with van der Waals surface area (Å²) in [5.74, 6) is -0.675. The molecule has 4 unspecified atom stereocenters. The van der Waals surface area contributed by atoms with Gasteiger partial charge in [-0.15, -0.1) is 0 Å². The van der Waals surface area contributed by atoms with Crippen LogP contribution in [-0.4, -0.2) is 37.2 Å². The Kier molecular flexibility index (Phi) is 6.74. The van der Waals surface area contributed by atoms with E-state index in [1.165, 1.54) is 12.2 Å². The fraction of sp³-hybridized carbons (Fsp3) is 0.308. The van der Waals surface area contributed by atoms with Gasteiger partial charge in [-0.1, -0.05) is 72.8 Å². The molecule has 0 saturated carbocycles. The molecule has 2 aliphatic rings. The fourth-order valence-electron chi connectivity index (χ4n) is 3.92. The van der Waals surface area contributed by atoms with Crippen LogP contribution in [0, 0.1) is 0 Å². The first-order chi connectivity index (χ1) is 16.0. The van der Waals surface area contributed by atoms with E-state index in [0.717, 1.165) is 0 Å². The van der Waals surface area contributed by atoms with E-state index >= 15 is 0 Å². The smallest absolute Gasteiger partial charge is 0.246 e. The SMILES string of the molecule is CC=CC(=O)NC(OC(NC(=O)C=CC)(c1ccccc1)C1CO1)(c1ccccc1)C1CO1. The number of ether oxygens (including phenoxy) is 3. The van der Waals surface area contributed by atoms with Gasteiger partial charge in [0.25, 0.3) is 0 Å². The highest BCUT2D eigenvalue weighted by molar-refractivity contribution is 5.89. The van der Waals surface area contributed by atoms with Crippen molar-refractivity contribution >= 4 is 11.8 Å². The summed E-state index contributed by atoms with van der Waals surface area (Å²) in [5.41, 5.74) is -1.34. The number of amides is 2. The Morgan fingerprint density at radius 3 is 1.45 bits per heavy atom. The molecule has 2 aromatic carbocycles. The molecule has 172 valence electrons. The maximum absolute atomic E-state index is 12.8. The average molecular weight is 449 g/mol. The minimum atomic E-state index is -1.37. The van der Waals surface area contributed by atoms with Crippen molar-refractivity contribution in [2.45, 2.75) is 37.5 Å². The van der Waals surface area contributed by atoms with Crippen LogP contribution in [0.2, 0.25) is 0 Å². The van der Waals surface area contributed by atoms with Crippen LogP contribution in [0.4, 0.5) is 0 Å². The Morgan fingerprint density at radius 2 is 1.15 bits per heavy atom. The largest absolute Gasteiger partial charge is 0.367 e. The van der Waals surface area contributed by atoms with Gasteiger partial charge in [0.1, 0.15) is 12.2 Å². The van der Waals surface area contributed by atoms with Crippen molar-refractivity contribution < 1.29 is 23.8 Å². The van der Waals surface area contributed by atoms with E-state index in [0.29, 0.717) is 24.3 Å². The van der Waals surface area contributed by atoms with E-state index in [4.69, 9.17) is 14.2 Å². The normalized spacial score (nSPS) is 23.0. The second-order valence-corrected chi connectivity index (χ2v) is 7.93. The van der Waals surface area contributed by atoms with Crippen LogP contribution < -0.4 is 10.6 Å². The molecule has 7 nitrogen and oxygen atoms in total. The molecule has 0 aromatic heterocycles. The maximum Gasteiger partial charge on any atom is 0.246 e. The Bertz CT molecular complexity index is 948. The van der Waals surface area contributed by atoms with E-state index in [1.54, 1.807) is 26.0 Å². The first-order valence-corrected chi connectivity index (χ1v) is 11.0. The predicted octanol–water partition coefficient (Wildman–Crippen LogP) is 2.89. The zero-order valence-electron chi connectivity index (χ0n) is 18.7. The number of allylic oxidation sites excluding steroid dienone is 2. The second-order valence-electron chi connectivity index (χ2n) is 7.93. The lowest BCUT2D eigenvalue weighted by atomic mass is 9.94. The lowest BCUT2D eigenvalue weighted by molar-refractivity contribution is -0.217. The van der Waals surface area contributed by atoms with Gasteiger partial charge in [0.05, 0.1) is 13.2 Å². The summed E-state index contributed by atoms with van der Waals surface area (Å²) in [6.07, 6.45) is 5.27. The highest BCUT2D eigenvalue weighted by Crippen LogP contribution is 2.45. The van der Waals surface area contributed by atoms with E-state index in [1.807, 2.05) is 60.7 Å². The number of carbonyl (C=O) groups is 2. The van der Waals surface area contributed by atoms with E-state index < -0.39 is 23.7 Å². The van der Waals surface area contributed by atoms with Crippen LogP contribution in [0.3, 0.4) is 0 Å². The molecule has 4 rings (SSSR count). The number of nitrogens with one attached hydrogen (secondary N) is 2. The number of hydrogen-bond donors (Lipinski definition) is 2. The average Bonchev–Trinajstić information content (AvgIpc) is 3.72. The number of carbonyl (C=O) groups excluding carboxylic acids is 2. The van der Waals surface area contributed by atoms with Crippen molar-refractivity contribution in [2.24, 2.45) is 0 Å². The summed E-state index contributed by atoms with van der Waals surface area (Å²) in [6.45, 7) is 4.32. The van der Waals surface area contributed by atoms with Crippen molar-refractivity contribution in [3.05, 3.63) is 96.1 Å².